The fourth-order valence-electron chi connectivity index (χ4n) is 4.23. The summed E-state index contributed by atoms with van der Waals surface area (Å²) < 4.78 is 14.8. The van der Waals surface area contributed by atoms with Gasteiger partial charge in [0.2, 0.25) is 0 Å². The maximum absolute atomic E-state index is 14.8. The first-order valence-corrected chi connectivity index (χ1v) is 13.6. The third-order valence-electron chi connectivity index (χ3n) is 5.90. The van der Waals surface area contributed by atoms with Crippen LogP contribution in [0.1, 0.15) is 0 Å². The smallest absolute Gasteiger partial charge is 0.763 e. The summed E-state index contributed by atoms with van der Waals surface area (Å²) in [5, 5.41) is 13.3. The molecule has 0 bridgehead atoms. The summed E-state index contributed by atoms with van der Waals surface area (Å²) >= 11 is 0. The molecule has 3 nitrogen and oxygen atoms in total. The molecule has 0 fully saturated rings. The first kappa shape index (κ1) is 28.2. The second-order valence-corrected chi connectivity index (χ2v) is 11.6. The van der Waals surface area contributed by atoms with Crippen molar-refractivity contribution in [2.45, 2.75) is 0 Å². The number of rotatable bonds is 5. The quantitative estimate of drug-likeness (QED) is 0.166. The number of likely N-dealkylation sites (N-methyl/N-ethyl adjacent to an activating group) is 1. The molecule has 4 aromatic rings. The van der Waals surface area contributed by atoms with Crippen molar-refractivity contribution in [2.24, 2.45) is 0 Å². The van der Waals surface area contributed by atoms with Gasteiger partial charge in [-0.2, -0.15) is 18.2 Å². The Labute approximate surface area is 229 Å². The number of allylic oxidation sites excluding steroid dienone is 2. The second kappa shape index (κ2) is 13.3. The normalized spacial score (nSPS) is 13.8. The largest absolute Gasteiger partial charge is 2.00 e. The average molecular weight is 544 g/mol. The number of hydrogen-bond donors (Lipinski definition) is 0. The Morgan fingerprint density at radius 1 is 0.838 bits per heavy atom. The Kier molecular flexibility index (Phi) is 10.1. The molecule has 0 spiro atoms. The van der Waals surface area contributed by atoms with E-state index in [0.717, 1.165) is 27.9 Å². The van der Waals surface area contributed by atoms with Crippen LogP contribution in [0, 0.1) is 0 Å². The van der Waals surface area contributed by atoms with Crippen LogP contribution in [0.4, 0.5) is 0 Å². The third kappa shape index (κ3) is 6.70. The summed E-state index contributed by atoms with van der Waals surface area (Å²) in [5.41, 5.74) is 2.29. The monoisotopic (exact) mass is 544 g/mol. The molecule has 0 unspecified atom stereocenters. The van der Waals surface area contributed by atoms with E-state index in [0.29, 0.717) is 10.5 Å². The topological polar surface area (TPSA) is 42.6 Å². The fourth-order valence-corrected chi connectivity index (χ4v) is 7.05. The number of hydrogen-bond acceptors (Lipinski definition) is 2. The third-order valence-corrected chi connectivity index (χ3v) is 9.00. The van der Waals surface area contributed by atoms with Crippen molar-refractivity contribution in [2.75, 3.05) is 20.6 Å². The van der Waals surface area contributed by atoms with Gasteiger partial charge < -0.3 is 14.9 Å². The molecule has 5 rings (SSSR count). The molecule has 186 valence electrons. The molecule has 0 radical (unpaired) electrons. The molecule has 0 aliphatic heterocycles. The van der Waals surface area contributed by atoms with E-state index < -0.39 is 7.14 Å². The van der Waals surface area contributed by atoms with E-state index in [1.165, 1.54) is 5.57 Å². The van der Waals surface area contributed by atoms with E-state index in [4.69, 9.17) is 0 Å². The van der Waals surface area contributed by atoms with Crippen LogP contribution in [-0.4, -0.2) is 31.4 Å². The van der Waals surface area contributed by atoms with E-state index in [2.05, 4.69) is 29.0 Å². The molecular weight excluding hydrogens is 515 g/mol. The zero-order valence-corrected chi connectivity index (χ0v) is 22.9. The molecule has 4 aromatic carbocycles. The van der Waals surface area contributed by atoms with Crippen LogP contribution in [0.15, 0.2) is 133 Å². The van der Waals surface area contributed by atoms with E-state index in [-0.39, 0.29) is 17.1 Å². The summed E-state index contributed by atoms with van der Waals surface area (Å²) in [6.45, 7) is 0.857. The molecule has 0 aromatic heterocycles. The molecule has 0 amide bonds. The van der Waals surface area contributed by atoms with Gasteiger partial charge in [-0.3, -0.25) is 5.87 Å². The summed E-state index contributed by atoms with van der Waals surface area (Å²) in [7, 11) is 0.864. The summed E-state index contributed by atoms with van der Waals surface area (Å²) in [6, 6.07) is 34.6. The zero-order chi connectivity index (χ0) is 25.4. The van der Waals surface area contributed by atoms with Gasteiger partial charge in [0.15, 0.2) is 7.14 Å². The van der Waals surface area contributed by atoms with Gasteiger partial charge in [0.1, 0.15) is 0 Å². The van der Waals surface area contributed by atoms with Crippen LogP contribution in [0.5, 0.6) is 0 Å². The van der Waals surface area contributed by atoms with Crippen molar-refractivity contribution in [3.63, 3.8) is 0 Å². The van der Waals surface area contributed by atoms with Crippen LogP contribution >= 0.6 is 7.14 Å². The maximum atomic E-state index is 14.8. The van der Waals surface area contributed by atoms with Crippen LogP contribution in [0.25, 0.3) is 11.0 Å². The average Bonchev–Trinajstić information content (AvgIpc) is 3.64. The van der Waals surface area contributed by atoms with Crippen LogP contribution < -0.4 is 26.4 Å². The molecule has 0 heterocycles. The number of benzene rings is 3. The molecule has 37 heavy (non-hydrogen) atoms. The van der Waals surface area contributed by atoms with Crippen LogP contribution in [0.2, 0.25) is 0 Å². The van der Waals surface area contributed by atoms with Gasteiger partial charge in [0.05, 0.1) is 0 Å². The van der Waals surface area contributed by atoms with Crippen molar-refractivity contribution in [3.05, 3.63) is 149 Å². The Morgan fingerprint density at radius 3 is 1.92 bits per heavy atom. The van der Waals surface area contributed by atoms with Crippen LogP contribution in [0.3, 0.4) is 0 Å². The summed E-state index contributed by atoms with van der Waals surface area (Å²) in [5.74, 6) is 2.27. The van der Waals surface area contributed by atoms with Gasteiger partial charge in [-0.25, -0.2) is 12.1 Å². The summed E-state index contributed by atoms with van der Waals surface area (Å²) in [6.07, 6.45) is 6.35. The molecule has 0 atom stereocenters. The van der Waals surface area contributed by atoms with Crippen LogP contribution in [-0.2, 0) is 21.6 Å². The molecule has 0 N–H and O–H groups in total. The first-order valence-electron chi connectivity index (χ1n) is 11.9. The van der Waals surface area contributed by atoms with Gasteiger partial charge in [-0.15, -0.1) is 0 Å². The standard InChI is InChI=1S/C27H24N2OP.C5H5.Fe/c1-29(2)20-21-13-14-22(17-21)23-15-16-24(19-28)27(18-23)31(30,25-9-5-3-6-10-25)26-11-7-4-8-12-26;1-2-4-5-3-1;/h3-18H,20H2,1-2H3;1-5H;/q2*-1;+2/b23-22-;;. The molecular formula is C32H29FeN2OP. The van der Waals surface area contributed by atoms with E-state index in [9.17, 15) is 9.97 Å². The minimum Gasteiger partial charge on any atom is -0.763 e. The zero-order valence-electron chi connectivity index (χ0n) is 20.9. The van der Waals surface area contributed by atoms with Gasteiger partial charge in [-0.1, -0.05) is 78.9 Å². The predicted octanol–water partition coefficient (Wildman–Crippen LogP) is 3.85. The van der Waals surface area contributed by atoms with E-state index in [1.54, 1.807) is 6.07 Å². The predicted molar refractivity (Wildman–Crippen MR) is 154 cm³/mol. The SMILES string of the molecule is CN(C)CC1=C/C(=c2/ccc(=C=[N-])c(P(=O)(c3ccccc3)c3ccccc3)c2)C=C1.[Fe+2].c1cc[cH-]c1. The Hall–Kier alpha value is -3.35. The molecule has 1 aliphatic rings. The van der Waals surface area contributed by atoms with Gasteiger partial charge >= 0.3 is 17.1 Å². The van der Waals surface area contributed by atoms with Crippen molar-refractivity contribution in [1.29, 1.82) is 0 Å². The van der Waals surface area contributed by atoms with E-state index in [1.807, 2.05) is 117 Å². The van der Waals surface area contributed by atoms with Gasteiger partial charge in [-0.05, 0) is 48.7 Å². The Balaban J connectivity index is 0.000000568. The number of nitrogens with zero attached hydrogens (tertiary/aromatic N) is 2. The molecule has 5 heteroatoms. The molecule has 0 saturated heterocycles. The fraction of sp³-hybridized carbons (Fsp3) is 0.0938. The summed E-state index contributed by atoms with van der Waals surface area (Å²) in [4.78, 5) is 2.13. The van der Waals surface area contributed by atoms with Gasteiger partial charge in [0.25, 0.3) is 0 Å². The second-order valence-electron chi connectivity index (χ2n) is 8.83. The minimum atomic E-state index is -3.22. The van der Waals surface area contributed by atoms with Gasteiger partial charge in [0, 0.05) is 27.7 Å². The van der Waals surface area contributed by atoms with E-state index >= 15 is 0 Å². The minimum absolute atomic E-state index is 0. The van der Waals surface area contributed by atoms with Crippen molar-refractivity contribution >= 4 is 34.5 Å². The maximum Gasteiger partial charge on any atom is 2.00 e. The van der Waals surface area contributed by atoms with Crippen molar-refractivity contribution < 1.29 is 21.6 Å². The van der Waals surface area contributed by atoms with Crippen molar-refractivity contribution in [3.8, 4) is 0 Å². The Morgan fingerprint density at radius 2 is 1.43 bits per heavy atom. The Bertz CT molecular complexity index is 1490. The van der Waals surface area contributed by atoms with Crippen molar-refractivity contribution in [1.82, 2.24) is 4.90 Å². The first-order chi connectivity index (χ1) is 17.5. The molecule has 0 saturated carbocycles. The molecule has 1 aliphatic carbocycles.